The Morgan fingerprint density at radius 2 is 1.86 bits per heavy atom. The van der Waals surface area contributed by atoms with Crippen LogP contribution in [0.2, 0.25) is 0 Å². The average molecular weight is 380 g/mol. The number of nitrogens with zero attached hydrogens (tertiary/aromatic N) is 5. The normalized spacial score (nSPS) is 17.3. The lowest BCUT2D eigenvalue weighted by Crippen LogP contribution is -2.43. The highest BCUT2D eigenvalue weighted by Crippen LogP contribution is 2.36. The van der Waals surface area contributed by atoms with Gasteiger partial charge in [-0.2, -0.15) is 9.61 Å². The van der Waals surface area contributed by atoms with E-state index in [2.05, 4.69) is 50.6 Å². The zero-order valence-corrected chi connectivity index (χ0v) is 17.4. The molecule has 1 aliphatic heterocycles. The maximum Gasteiger partial charge on any atom is 0.157 e. The lowest BCUT2D eigenvalue weighted by molar-refractivity contribution is 0.0112. The van der Waals surface area contributed by atoms with E-state index in [1.165, 1.54) is 0 Å². The van der Waals surface area contributed by atoms with E-state index in [1.54, 1.807) is 12.4 Å². The van der Waals surface area contributed by atoms with E-state index < -0.39 is 5.60 Å². The van der Waals surface area contributed by atoms with Crippen LogP contribution >= 0.6 is 0 Å². The smallest absolute Gasteiger partial charge is 0.157 e. The maximum absolute atomic E-state index is 11.2. The Hall–Kier alpha value is -2.47. The second kappa shape index (κ2) is 6.55. The van der Waals surface area contributed by atoms with Crippen molar-refractivity contribution in [2.75, 3.05) is 18.0 Å². The maximum atomic E-state index is 11.2. The van der Waals surface area contributed by atoms with Crippen molar-refractivity contribution in [2.24, 2.45) is 0 Å². The Bertz CT molecular complexity index is 995. The number of aliphatic hydroxyl groups is 1. The summed E-state index contributed by atoms with van der Waals surface area (Å²) in [7, 11) is 0. The van der Waals surface area contributed by atoms with Gasteiger partial charge < -0.3 is 10.0 Å². The third-order valence-corrected chi connectivity index (χ3v) is 5.91. The molecule has 0 spiro atoms. The molecule has 0 unspecified atom stereocenters. The summed E-state index contributed by atoms with van der Waals surface area (Å²) in [5, 5.41) is 16.0. The molecule has 6 nitrogen and oxygen atoms in total. The van der Waals surface area contributed by atoms with Crippen LogP contribution in [0.15, 0.2) is 30.6 Å². The van der Waals surface area contributed by atoms with Crippen molar-refractivity contribution in [2.45, 2.75) is 58.5 Å². The number of aryl methyl sites for hydroxylation is 1. The third kappa shape index (κ3) is 3.15. The lowest BCUT2D eigenvalue weighted by atomic mass is 9.85. The Balaban J connectivity index is 1.70. The SMILES string of the molecule is Cc1nc2cc(C(C)(C)C)nn2c(N2CCC(O)(c3cccnc3)CC2)c1C. The van der Waals surface area contributed by atoms with Crippen molar-refractivity contribution >= 4 is 11.5 Å². The molecule has 4 rings (SSSR count). The number of hydrogen-bond donors (Lipinski definition) is 1. The van der Waals surface area contributed by atoms with Crippen molar-refractivity contribution in [3.8, 4) is 0 Å². The topological polar surface area (TPSA) is 66.5 Å². The number of aromatic nitrogens is 4. The van der Waals surface area contributed by atoms with Gasteiger partial charge in [0.2, 0.25) is 0 Å². The molecule has 3 aromatic rings. The van der Waals surface area contributed by atoms with Crippen LogP contribution in [-0.4, -0.2) is 37.8 Å². The van der Waals surface area contributed by atoms with Crippen molar-refractivity contribution in [1.82, 2.24) is 19.6 Å². The van der Waals surface area contributed by atoms with E-state index in [0.717, 1.165) is 47.1 Å². The van der Waals surface area contributed by atoms with Gasteiger partial charge in [0, 0.05) is 53.8 Å². The molecule has 148 valence electrons. The van der Waals surface area contributed by atoms with Gasteiger partial charge in [-0.25, -0.2) is 4.98 Å². The zero-order chi connectivity index (χ0) is 20.1. The summed E-state index contributed by atoms with van der Waals surface area (Å²) in [4.78, 5) is 11.3. The second-order valence-electron chi connectivity index (χ2n) is 8.96. The molecule has 0 amide bonds. The van der Waals surface area contributed by atoms with E-state index in [0.29, 0.717) is 12.8 Å². The van der Waals surface area contributed by atoms with E-state index in [9.17, 15) is 5.11 Å². The summed E-state index contributed by atoms with van der Waals surface area (Å²) >= 11 is 0. The van der Waals surface area contributed by atoms with Crippen LogP contribution in [0.25, 0.3) is 5.65 Å². The lowest BCUT2D eigenvalue weighted by Gasteiger charge is -2.39. The van der Waals surface area contributed by atoms with Gasteiger partial charge in [-0.15, -0.1) is 0 Å². The summed E-state index contributed by atoms with van der Waals surface area (Å²) in [6.45, 7) is 12.2. The number of rotatable bonds is 2. The fourth-order valence-electron chi connectivity index (χ4n) is 3.94. The highest BCUT2D eigenvalue weighted by atomic mass is 16.3. The Morgan fingerprint density at radius 1 is 1.14 bits per heavy atom. The Morgan fingerprint density at radius 3 is 2.46 bits per heavy atom. The molecule has 0 radical (unpaired) electrons. The zero-order valence-electron chi connectivity index (χ0n) is 17.4. The first-order valence-corrected chi connectivity index (χ1v) is 9.94. The van der Waals surface area contributed by atoms with Gasteiger partial charge in [0.15, 0.2) is 5.65 Å². The molecule has 0 saturated carbocycles. The molecule has 3 aromatic heterocycles. The van der Waals surface area contributed by atoms with Crippen LogP contribution in [0.5, 0.6) is 0 Å². The molecule has 28 heavy (non-hydrogen) atoms. The first-order valence-electron chi connectivity index (χ1n) is 9.94. The predicted octanol–water partition coefficient (Wildman–Crippen LogP) is 3.53. The molecular weight excluding hydrogens is 350 g/mol. The van der Waals surface area contributed by atoms with E-state index >= 15 is 0 Å². The summed E-state index contributed by atoms with van der Waals surface area (Å²) in [6.07, 6.45) is 4.84. The molecule has 0 bridgehead atoms. The average Bonchev–Trinajstić information content (AvgIpc) is 3.08. The minimum Gasteiger partial charge on any atom is -0.385 e. The summed E-state index contributed by atoms with van der Waals surface area (Å²) in [6, 6.07) is 5.94. The van der Waals surface area contributed by atoms with Crippen molar-refractivity contribution in [1.29, 1.82) is 0 Å². The van der Waals surface area contributed by atoms with Gasteiger partial charge in [0.25, 0.3) is 0 Å². The Labute approximate surface area is 166 Å². The Kier molecular flexibility index (Phi) is 4.42. The summed E-state index contributed by atoms with van der Waals surface area (Å²) < 4.78 is 1.98. The number of anilines is 1. The predicted molar refractivity (Wildman–Crippen MR) is 111 cm³/mol. The van der Waals surface area contributed by atoms with Crippen LogP contribution in [0, 0.1) is 13.8 Å². The third-order valence-electron chi connectivity index (χ3n) is 5.91. The van der Waals surface area contributed by atoms with E-state index in [-0.39, 0.29) is 5.41 Å². The van der Waals surface area contributed by atoms with Crippen LogP contribution in [0.4, 0.5) is 5.82 Å². The van der Waals surface area contributed by atoms with Crippen LogP contribution in [0.1, 0.15) is 56.1 Å². The van der Waals surface area contributed by atoms with Crippen LogP contribution in [0.3, 0.4) is 0 Å². The fourth-order valence-corrected chi connectivity index (χ4v) is 3.94. The summed E-state index contributed by atoms with van der Waals surface area (Å²) in [5.74, 6) is 1.09. The monoisotopic (exact) mass is 379 g/mol. The van der Waals surface area contributed by atoms with E-state index in [1.807, 2.05) is 16.6 Å². The highest BCUT2D eigenvalue weighted by molar-refractivity contribution is 5.58. The molecule has 0 atom stereocenters. The number of hydrogen-bond acceptors (Lipinski definition) is 5. The van der Waals surface area contributed by atoms with Crippen molar-refractivity contribution in [3.05, 3.63) is 53.1 Å². The van der Waals surface area contributed by atoms with Crippen molar-refractivity contribution < 1.29 is 5.11 Å². The minimum atomic E-state index is -0.819. The molecule has 0 aromatic carbocycles. The van der Waals surface area contributed by atoms with Gasteiger partial charge in [-0.1, -0.05) is 26.8 Å². The largest absolute Gasteiger partial charge is 0.385 e. The summed E-state index contributed by atoms with van der Waals surface area (Å²) in [5.41, 5.74) is 4.14. The van der Waals surface area contributed by atoms with E-state index in [4.69, 9.17) is 10.1 Å². The molecule has 1 saturated heterocycles. The molecular formula is C22H29N5O. The molecule has 1 N–H and O–H groups in total. The fraction of sp³-hybridized carbons (Fsp3) is 0.500. The number of fused-ring (bicyclic) bond motifs is 1. The van der Waals surface area contributed by atoms with Crippen LogP contribution in [-0.2, 0) is 11.0 Å². The standard InChI is InChI=1S/C22H29N5O/c1-15-16(2)24-19-13-18(21(3,4)5)25-27(19)20(15)26-11-8-22(28,9-12-26)17-7-6-10-23-14-17/h6-7,10,13-14,28H,8-9,11-12H2,1-5H3. The van der Waals surface area contributed by atoms with Gasteiger partial charge in [0.1, 0.15) is 5.82 Å². The van der Waals surface area contributed by atoms with Gasteiger partial charge in [0.05, 0.1) is 11.3 Å². The van der Waals surface area contributed by atoms with Gasteiger partial charge >= 0.3 is 0 Å². The minimum absolute atomic E-state index is 0.0325. The first-order chi connectivity index (χ1) is 13.2. The highest BCUT2D eigenvalue weighted by Gasteiger charge is 2.35. The molecule has 1 fully saturated rings. The second-order valence-corrected chi connectivity index (χ2v) is 8.96. The first kappa shape index (κ1) is 18.9. The molecule has 1 aliphatic rings. The number of pyridine rings is 1. The molecule has 4 heterocycles. The number of piperidine rings is 1. The molecule has 6 heteroatoms. The van der Waals surface area contributed by atoms with Crippen LogP contribution < -0.4 is 4.90 Å². The quantitative estimate of drug-likeness (QED) is 0.738. The van der Waals surface area contributed by atoms with Gasteiger partial charge in [-0.05, 0) is 32.8 Å². The molecule has 0 aliphatic carbocycles. The van der Waals surface area contributed by atoms with Crippen molar-refractivity contribution in [3.63, 3.8) is 0 Å². The van der Waals surface area contributed by atoms with Gasteiger partial charge in [-0.3, -0.25) is 4.98 Å².